The van der Waals surface area contributed by atoms with Crippen molar-refractivity contribution in [1.82, 2.24) is 5.32 Å². The van der Waals surface area contributed by atoms with Crippen LogP contribution in [0.25, 0.3) is 0 Å². The summed E-state index contributed by atoms with van der Waals surface area (Å²) in [5.41, 5.74) is 2.98. The van der Waals surface area contributed by atoms with Gasteiger partial charge in [0.25, 0.3) is 5.91 Å². The monoisotopic (exact) mass is 330 g/mol. The van der Waals surface area contributed by atoms with Crippen molar-refractivity contribution in [3.63, 3.8) is 0 Å². The number of hydrogen-bond acceptors (Lipinski definition) is 3. The molecule has 1 saturated carbocycles. The van der Waals surface area contributed by atoms with E-state index in [1.807, 2.05) is 20.8 Å². The number of aliphatic hydroxyl groups is 1. The SMILES string of the molecule is Cc1cc(C)c(N2CC[C@@H](NC(=O)C3(O)CCCC3)C2=O)c(C)c1. The minimum atomic E-state index is -1.29. The van der Waals surface area contributed by atoms with Crippen LogP contribution in [0.2, 0.25) is 0 Å². The van der Waals surface area contributed by atoms with Gasteiger partial charge < -0.3 is 15.3 Å². The van der Waals surface area contributed by atoms with Crippen molar-refractivity contribution in [2.24, 2.45) is 0 Å². The van der Waals surface area contributed by atoms with Gasteiger partial charge in [0, 0.05) is 12.2 Å². The van der Waals surface area contributed by atoms with Crippen LogP contribution in [0.3, 0.4) is 0 Å². The van der Waals surface area contributed by atoms with Crippen LogP contribution >= 0.6 is 0 Å². The molecule has 24 heavy (non-hydrogen) atoms. The summed E-state index contributed by atoms with van der Waals surface area (Å²) in [5, 5.41) is 13.2. The molecule has 0 bridgehead atoms. The first-order valence-electron chi connectivity index (χ1n) is 8.74. The Balaban J connectivity index is 1.75. The van der Waals surface area contributed by atoms with Crippen LogP contribution in [-0.4, -0.2) is 35.1 Å². The van der Waals surface area contributed by atoms with Gasteiger partial charge in [-0.15, -0.1) is 0 Å². The molecule has 5 heteroatoms. The predicted octanol–water partition coefficient (Wildman–Crippen LogP) is 2.14. The molecular formula is C19H26N2O3. The molecule has 0 aromatic heterocycles. The van der Waals surface area contributed by atoms with E-state index >= 15 is 0 Å². The van der Waals surface area contributed by atoms with Crippen LogP contribution < -0.4 is 10.2 Å². The van der Waals surface area contributed by atoms with Crippen molar-refractivity contribution < 1.29 is 14.7 Å². The predicted molar refractivity (Wildman–Crippen MR) is 93.0 cm³/mol. The minimum absolute atomic E-state index is 0.0833. The van der Waals surface area contributed by atoms with Gasteiger partial charge >= 0.3 is 0 Å². The second kappa shape index (κ2) is 6.20. The normalized spacial score (nSPS) is 22.9. The van der Waals surface area contributed by atoms with E-state index < -0.39 is 17.6 Å². The Kier molecular flexibility index (Phi) is 4.38. The summed E-state index contributed by atoms with van der Waals surface area (Å²) in [7, 11) is 0. The van der Waals surface area contributed by atoms with E-state index in [1.165, 1.54) is 5.56 Å². The molecule has 1 saturated heterocycles. The van der Waals surface area contributed by atoms with Crippen LogP contribution in [-0.2, 0) is 9.59 Å². The number of carbonyl (C=O) groups is 2. The summed E-state index contributed by atoms with van der Waals surface area (Å²) in [4.78, 5) is 26.9. The van der Waals surface area contributed by atoms with Crippen molar-refractivity contribution >= 4 is 17.5 Å². The molecule has 0 radical (unpaired) electrons. The van der Waals surface area contributed by atoms with E-state index in [4.69, 9.17) is 0 Å². The molecule has 2 fully saturated rings. The number of rotatable bonds is 3. The van der Waals surface area contributed by atoms with Crippen LogP contribution in [0.1, 0.15) is 48.8 Å². The Labute approximate surface area is 143 Å². The van der Waals surface area contributed by atoms with Crippen molar-refractivity contribution in [3.05, 3.63) is 28.8 Å². The van der Waals surface area contributed by atoms with Gasteiger partial charge in [0.05, 0.1) is 0 Å². The maximum absolute atomic E-state index is 12.8. The standard InChI is InChI=1S/C19H26N2O3/c1-12-10-13(2)16(14(3)11-12)21-9-6-15(17(21)22)20-18(23)19(24)7-4-5-8-19/h10-11,15,24H,4-9H2,1-3H3,(H,20,23)/t15-/m1/s1. The number of nitrogens with zero attached hydrogens (tertiary/aromatic N) is 1. The van der Waals surface area contributed by atoms with Gasteiger partial charge in [-0.1, -0.05) is 17.7 Å². The van der Waals surface area contributed by atoms with Crippen LogP contribution in [0.5, 0.6) is 0 Å². The Hall–Kier alpha value is -1.88. The molecule has 0 unspecified atom stereocenters. The smallest absolute Gasteiger partial charge is 0.252 e. The zero-order valence-corrected chi connectivity index (χ0v) is 14.7. The molecule has 2 amide bonds. The fourth-order valence-electron chi connectivity index (χ4n) is 4.11. The molecule has 1 atom stereocenters. The van der Waals surface area contributed by atoms with Gasteiger partial charge in [0.1, 0.15) is 11.6 Å². The fourth-order valence-corrected chi connectivity index (χ4v) is 4.11. The fraction of sp³-hybridized carbons (Fsp3) is 0.579. The highest BCUT2D eigenvalue weighted by Crippen LogP contribution is 2.32. The number of anilines is 1. The Morgan fingerprint density at radius 3 is 2.38 bits per heavy atom. The van der Waals surface area contributed by atoms with E-state index in [0.717, 1.165) is 29.7 Å². The van der Waals surface area contributed by atoms with Gasteiger partial charge in [-0.2, -0.15) is 0 Å². The van der Waals surface area contributed by atoms with Gasteiger partial charge in [-0.05, 0) is 64.0 Å². The van der Waals surface area contributed by atoms with E-state index in [1.54, 1.807) is 4.90 Å². The van der Waals surface area contributed by atoms with E-state index in [-0.39, 0.29) is 5.91 Å². The van der Waals surface area contributed by atoms with Gasteiger partial charge in [0.2, 0.25) is 5.91 Å². The van der Waals surface area contributed by atoms with Gasteiger partial charge in [-0.3, -0.25) is 9.59 Å². The second-order valence-electron chi connectivity index (χ2n) is 7.29. The lowest BCUT2D eigenvalue weighted by Crippen LogP contribution is -2.51. The quantitative estimate of drug-likeness (QED) is 0.892. The molecule has 1 aliphatic heterocycles. The summed E-state index contributed by atoms with van der Waals surface area (Å²) in [6.07, 6.45) is 3.26. The second-order valence-corrected chi connectivity index (χ2v) is 7.29. The van der Waals surface area contributed by atoms with E-state index in [2.05, 4.69) is 17.4 Å². The highest BCUT2D eigenvalue weighted by molar-refractivity contribution is 6.03. The highest BCUT2D eigenvalue weighted by Gasteiger charge is 2.42. The Morgan fingerprint density at radius 1 is 1.21 bits per heavy atom. The Morgan fingerprint density at radius 2 is 1.79 bits per heavy atom. The molecule has 3 rings (SSSR count). The van der Waals surface area contributed by atoms with E-state index in [9.17, 15) is 14.7 Å². The third kappa shape index (κ3) is 2.93. The third-order valence-corrected chi connectivity index (χ3v) is 5.27. The largest absolute Gasteiger partial charge is 0.380 e. The molecule has 5 nitrogen and oxygen atoms in total. The zero-order valence-electron chi connectivity index (χ0n) is 14.7. The van der Waals surface area contributed by atoms with Crippen molar-refractivity contribution in [1.29, 1.82) is 0 Å². The van der Waals surface area contributed by atoms with Crippen molar-refractivity contribution in [2.45, 2.75) is 64.5 Å². The lowest BCUT2D eigenvalue weighted by atomic mass is 10.0. The molecule has 1 aromatic rings. The summed E-state index contributed by atoms with van der Waals surface area (Å²) >= 11 is 0. The summed E-state index contributed by atoms with van der Waals surface area (Å²) in [6.45, 7) is 6.65. The average Bonchev–Trinajstić information content (AvgIpc) is 3.08. The molecular weight excluding hydrogens is 304 g/mol. The number of hydrogen-bond donors (Lipinski definition) is 2. The maximum atomic E-state index is 12.8. The first-order valence-corrected chi connectivity index (χ1v) is 8.74. The zero-order chi connectivity index (χ0) is 17.5. The van der Waals surface area contributed by atoms with Gasteiger partial charge in [0.15, 0.2) is 0 Å². The average molecular weight is 330 g/mol. The lowest BCUT2D eigenvalue weighted by Gasteiger charge is -2.24. The number of amides is 2. The topological polar surface area (TPSA) is 69.6 Å². The molecule has 0 spiro atoms. The Bertz CT molecular complexity index is 654. The van der Waals surface area contributed by atoms with E-state index in [0.29, 0.717) is 25.8 Å². The first-order chi connectivity index (χ1) is 11.3. The number of carbonyl (C=O) groups excluding carboxylic acids is 2. The molecule has 1 aromatic carbocycles. The molecule has 1 aliphatic carbocycles. The van der Waals surface area contributed by atoms with Crippen LogP contribution in [0, 0.1) is 20.8 Å². The van der Waals surface area contributed by atoms with Crippen LogP contribution in [0.15, 0.2) is 12.1 Å². The third-order valence-electron chi connectivity index (χ3n) is 5.27. The highest BCUT2D eigenvalue weighted by atomic mass is 16.3. The summed E-state index contributed by atoms with van der Waals surface area (Å²) in [6, 6.07) is 3.60. The molecule has 2 N–H and O–H groups in total. The molecule has 1 heterocycles. The number of benzene rings is 1. The first kappa shape index (κ1) is 17.0. The summed E-state index contributed by atoms with van der Waals surface area (Å²) in [5.74, 6) is -0.474. The number of nitrogens with one attached hydrogen (secondary N) is 1. The van der Waals surface area contributed by atoms with Crippen molar-refractivity contribution in [3.8, 4) is 0 Å². The van der Waals surface area contributed by atoms with Gasteiger partial charge in [-0.25, -0.2) is 0 Å². The molecule has 130 valence electrons. The summed E-state index contributed by atoms with van der Waals surface area (Å²) < 4.78 is 0. The maximum Gasteiger partial charge on any atom is 0.252 e. The van der Waals surface area contributed by atoms with Crippen LogP contribution in [0.4, 0.5) is 5.69 Å². The minimum Gasteiger partial charge on any atom is -0.380 e. The molecule has 2 aliphatic rings. The lowest BCUT2D eigenvalue weighted by molar-refractivity contribution is -0.141. The van der Waals surface area contributed by atoms with Crippen molar-refractivity contribution in [2.75, 3.05) is 11.4 Å². The number of aryl methyl sites for hydroxylation is 3.